The summed E-state index contributed by atoms with van der Waals surface area (Å²) in [6.07, 6.45) is 11.1. The molecule has 1 unspecified atom stereocenters. The van der Waals surface area contributed by atoms with Crippen molar-refractivity contribution in [2.24, 2.45) is 5.92 Å². The van der Waals surface area contributed by atoms with Crippen LogP contribution in [0.25, 0.3) is 0 Å². The maximum absolute atomic E-state index is 12.8. The lowest BCUT2D eigenvalue weighted by atomic mass is 9.57. The van der Waals surface area contributed by atoms with Crippen molar-refractivity contribution < 1.29 is 14.4 Å². The number of aromatic hydroxyl groups is 1. The number of unbranched alkanes of at least 4 members (excludes halogenated alkanes) is 2. The predicted octanol–water partition coefficient (Wildman–Crippen LogP) is 5.75. The molecule has 4 nitrogen and oxygen atoms in total. The number of aryl methyl sites for hydroxylation is 1. The summed E-state index contributed by atoms with van der Waals surface area (Å²) in [4.78, 5) is 12.8. The summed E-state index contributed by atoms with van der Waals surface area (Å²) in [5.74, 6) is 1.09. The van der Waals surface area contributed by atoms with Gasteiger partial charge < -0.3 is 14.9 Å². The normalized spacial score (nSPS) is 28.1. The van der Waals surface area contributed by atoms with Crippen LogP contribution in [0.3, 0.4) is 0 Å². The second kappa shape index (κ2) is 11.4. The number of phenols is 1. The van der Waals surface area contributed by atoms with Crippen LogP contribution in [0, 0.1) is 5.92 Å². The molecule has 188 valence electrons. The highest BCUT2D eigenvalue weighted by molar-refractivity contribution is 5.76. The Labute approximate surface area is 211 Å². The number of amides is 1. The summed E-state index contributed by atoms with van der Waals surface area (Å²) in [6, 6.07) is 18.7. The molecule has 2 fully saturated rings. The van der Waals surface area contributed by atoms with E-state index in [2.05, 4.69) is 55.3 Å². The summed E-state index contributed by atoms with van der Waals surface area (Å²) in [5.41, 5.74) is 2.64. The second-order valence-electron chi connectivity index (χ2n) is 11.2. The average Bonchev–Trinajstić information content (AvgIpc) is 2.85. The van der Waals surface area contributed by atoms with Crippen molar-refractivity contribution in [1.29, 1.82) is 0 Å². The van der Waals surface area contributed by atoms with E-state index in [1.54, 1.807) is 6.07 Å². The van der Waals surface area contributed by atoms with Crippen LogP contribution in [0.15, 0.2) is 67.3 Å². The molecule has 0 bridgehead atoms. The first-order valence-corrected chi connectivity index (χ1v) is 13.5. The van der Waals surface area contributed by atoms with E-state index in [9.17, 15) is 9.90 Å². The monoisotopic (exact) mass is 475 g/mol. The number of nitrogens with zero attached hydrogens (tertiary/aromatic N) is 1. The number of rotatable bonds is 10. The Morgan fingerprint density at radius 1 is 1.14 bits per heavy atom. The van der Waals surface area contributed by atoms with Crippen LogP contribution in [0.5, 0.6) is 5.75 Å². The minimum absolute atomic E-state index is 0.0174. The molecule has 1 amide bonds. The molecule has 4 rings (SSSR count). The second-order valence-corrected chi connectivity index (χ2v) is 11.2. The maximum atomic E-state index is 12.8. The van der Waals surface area contributed by atoms with Crippen LogP contribution in [-0.4, -0.2) is 48.2 Å². The lowest BCUT2D eigenvalue weighted by molar-refractivity contribution is -0.914. The third-order valence-corrected chi connectivity index (χ3v) is 8.58. The van der Waals surface area contributed by atoms with Gasteiger partial charge in [0.2, 0.25) is 5.91 Å². The topological polar surface area (TPSA) is 49.3 Å². The van der Waals surface area contributed by atoms with Gasteiger partial charge in [-0.05, 0) is 67.9 Å². The van der Waals surface area contributed by atoms with Crippen LogP contribution in [0.1, 0.15) is 62.5 Å². The number of piperidine rings is 1. The Kier molecular flexibility index (Phi) is 8.33. The Morgan fingerprint density at radius 3 is 2.74 bits per heavy atom. The van der Waals surface area contributed by atoms with Gasteiger partial charge in [0.05, 0.1) is 26.7 Å². The zero-order chi connectivity index (χ0) is 24.7. The van der Waals surface area contributed by atoms with Crippen molar-refractivity contribution in [1.82, 2.24) is 5.32 Å². The van der Waals surface area contributed by atoms with Gasteiger partial charge in [-0.15, -0.1) is 0 Å². The van der Waals surface area contributed by atoms with Crippen LogP contribution < -0.4 is 5.32 Å². The Hall–Kier alpha value is -2.59. The molecule has 0 spiro atoms. The molecule has 2 aromatic rings. The standard InChI is InChI=1S/C31H42N2O2/c1-3-20-33(2)21-19-31(26-14-10-15-29(34)22-26)23-28(18-17-27(31)24-33)32-30(35)16-9-5-8-13-25-11-6-4-7-12-25/h3-4,6-7,10-12,14-15,22,27-28H,1,5,8-9,13,16-21,23-24H2,2H3,(H-,32,34,35)/p+1/t27?,28-,31-,33-/m0/s1. The molecule has 1 saturated carbocycles. The van der Waals surface area contributed by atoms with Crippen LogP contribution >= 0.6 is 0 Å². The van der Waals surface area contributed by atoms with E-state index in [0.29, 0.717) is 18.1 Å². The summed E-state index contributed by atoms with van der Waals surface area (Å²) in [5, 5.41) is 13.6. The number of carbonyl (C=O) groups excluding carboxylic acids is 1. The van der Waals surface area contributed by atoms with Gasteiger partial charge in [-0.1, -0.05) is 55.5 Å². The summed E-state index contributed by atoms with van der Waals surface area (Å²) in [7, 11) is 2.35. The fourth-order valence-electron chi connectivity index (χ4n) is 6.70. The van der Waals surface area contributed by atoms with Crippen molar-refractivity contribution in [3.8, 4) is 5.75 Å². The van der Waals surface area contributed by atoms with E-state index >= 15 is 0 Å². The third kappa shape index (κ3) is 6.35. The highest BCUT2D eigenvalue weighted by atomic mass is 16.3. The predicted molar refractivity (Wildman–Crippen MR) is 143 cm³/mol. The van der Waals surface area contributed by atoms with E-state index in [1.165, 1.54) is 11.1 Å². The summed E-state index contributed by atoms with van der Waals surface area (Å²) >= 11 is 0. The third-order valence-electron chi connectivity index (χ3n) is 8.58. The first-order chi connectivity index (χ1) is 16.9. The largest absolute Gasteiger partial charge is 0.508 e. The molecule has 1 aliphatic carbocycles. The fraction of sp³-hybridized carbons (Fsp3) is 0.516. The van der Waals surface area contributed by atoms with Crippen molar-refractivity contribution in [2.45, 2.75) is 69.2 Å². The van der Waals surface area contributed by atoms with Crippen LogP contribution in [-0.2, 0) is 16.6 Å². The van der Waals surface area contributed by atoms with Crippen LogP contribution in [0.4, 0.5) is 0 Å². The number of hydrogen-bond acceptors (Lipinski definition) is 2. The van der Waals surface area contributed by atoms with Crippen molar-refractivity contribution in [3.63, 3.8) is 0 Å². The number of hydrogen-bond donors (Lipinski definition) is 2. The van der Waals surface area contributed by atoms with Crippen LogP contribution in [0.2, 0.25) is 0 Å². The van der Waals surface area contributed by atoms with Crippen molar-refractivity contribution >= 4 is 5.91 Å². The lowest BCUT2D eigenvalue weighted by Crippen LogP contribution is -2.62. The number of likely N-dealkylation sites (tertiary alicyclic amines) is 1. The molecule has 2 aromatic carbocycles. The van der Waals surface area contributed by atoms with E-state index in [-0.39, 0.29) is 17.4 Å². The number of fused-ring (bicyclic) bond motifs is 1. The van der Waals surface area contributed by atoms with E-state index in [1.807, 2.05) is 18.2 Å². The van der Waals surface area contributed by atoms with E-state index < -0.39 is 0 Å². The lowest BCUT2D eigenvalue weighted by Gasteiger charge is -2.55. The van der Waals surface area contributed by atoms with Gasteiger partial charge in [0.25, 0.3) is 0 Å². The van der Waals surface area contributed by atoms with E-state index in [4.69, 9.17) is 0 Å². The molecule has 1 saturated heterocycles. The molecule has 35 heavy (non-hydrogen) atoms. The maximum Gasteiger partial charge on any atom is 0.220 e. The molecule has 2 aliphatic rings. The number of nitrogens with one attached hydrogen (secondary N) is 1. The van der Waals surface area contributed by atoms with Gasteiger partial charge in [-0.2, -0.15) is 0 Å². The molecule has 4 atom stereocenters. The minimum atomic E-state index is 0.0174. The molecule has 0 aromatic heterocycles. The van der Waals surface area contributed by atoms with Gasteiger partial charge >= 0.3 is 0 Å². The highest BCUT2D eigenvalue weighted by Gasteiger charge is 2.52. The fourth-order valence-corrected chi connectivity index (χ4v) is 6.70. The summed E-state index contributed by atoms with van der Waals surface area (Å²) < 4.78 is 1.04. The number of likely N-dealkylation sites (N-methyl/N-ethyl adjacent to an activating group) is 1. The molecular weight excluding hydrogens is 432 g/mol. The van der Waals surface area contributed by atoms with E-state index in [0.717, 1.165) is 75.5 Å². The quantitative estimate of drug-likeness (QED) is 0.261. The zero-order valence-corrected chi connectivity index (χ0v) is 21.4. The molecular formula is C31H43N2O2+. The molecule has 1 aliphatic heterocycles. The van der Waals surface area contributed by atoms with Crippen molar-refractivity contribution in [3.05, 3.63) is 78.4 Å². The smallest absolute Gasteiger partial charge is 0.220 e. The number of benzene rings is 2. The molecule has 2 N–H and O–H groups in total. The van der Waals surface area contributed by atoms with Gasteiger partial charge in [-0.25, -0.2) is 0 Å². The van der Waals surface area contributed by atoms with Gasteiger partial charge in [0, 0.05) is 30.2 Å². The van der Waals surface area contributed by atoms with Gasteiger partial charge in [0.1, 0.15) is 5.75 Å². The summed E-state index contributed by atoms with van der Waals surface area (Å²) in [6.45, 7) is 7.21. The highest BCUT2D eigenvalue weighted by Crippen LogP contribution is 2.50. The van der Waals surface area contributed by atoms with Gasteiger partial charge in [0.15, 0.2) is 0 Å². The zero-order valence-electron chi connectivity index (χ0n) is 21.4. The average molecular weight is 476 g/mol. The number of carbonyl (C=O) groups is 1. The molecule has 1 heterocycles. The Balaban J connectivity index is 1.34. The number of quaternary nitrogens is 1. The number of phenolic OH excluding ortho intramolecular Hbond substituents is 1. The Bertz CT molecular complexity index is 990. The SMILES string of the molecule is C=CC[N@@+]1(C)CC[C@@]2(c3cccc(O)c3)C[C@@H](NC(=O)CCCCCc3ccccc3)CCC2C1. The first kappa shape index (κ1) is 25.5. The van der Waals surface area contributed by atoms with Crippen molar-refractivity contribution in [2.75, 3.05) is 26.7 Å². The Morgan fingerprint density at radius 2 is 1.97 bits per heavy atom. The molecule has 4 heteroatoms. The first-order valence-electron chi connectivity index (χ1n) is 13.5. The molecule has 0 radical (unpaired) electrons. The van der Waals surface area contributed by atoms with Gasteiger partial charge in [-0.3, -0.25) is 4.79 Å². The minimum Gasteiger partial charge on any atom is -0.508 e.